The molecular weight excluding hydrogens is 273 g/mol. The van der Waals surface area contributed by atoms with Crippen LogP contribution in [0.5, 0.6) is 0 Å². The molecule has 3 N–H and O–H groups in total. The molecule has 1 aromatic rings. The Bertz CT molecular complexity index is 471. The lowest BCUT2D eigenvalue weighted by molar-refractivity contribution is -0.137. The Kier molecular flexibility index (Phi) is 4.10. The Morgan fingerprint density at radius 2 is 2.20 bits per heavy atom. The summed E-state index contributed by atoms with van der Waals surface area (Å²) >= 11 is 0. The first-order valence-corrected chi connectivity index (χ1v) is 6.20. The smallest absolute Gasteiger partial charge is 0.399 e. The maximum Gasteiger partial charge on any atom is 0.418 e. The van der Waals surface area contributed by atoms with Crippen LogP contribution in [-0.2, 0) is 15.7 Å². The second kappa shape index (κ2) is 5.49. The second-order valence-corrected chi connectivity index (χ2v) is 4.85. The quantitative estimate of drug-likeness (QED) is 0.837. The van der Waals surface area contributed by atoms with E-state index in [1.54, 1.807) is 0 Å². The third-order valence-corrected chi connectivity index (χ3v) is 3.45. The molecule has 0 spiro atoms. The van der Waals surface area contributed by atoms with Crippen molar-refractivity contribution < 1.29 is 22.6 Å². The Morgan fingerprint density at radius 3 is 2.75 bits per heavy atom. The molecule has 1 aliphatic rings. The van der Waals surface area contributed by atoms with Gasteiger partial charge in [0.2, 0.25) is 0 Å². The molecule has 0 bridgehead atoms. The predicted molar refractivity (Wildman–Crippen MR) is 69.5 cm³/mol. The number of nitrogens with two attached hydrogens (primary N) is 1. The molecule has 0 saturated carbocycles. The molecule has 1 atom stereocenters. The second-order valence-electron chi connectivity index (χ2n) is 4.85. The van der Waals surface area contributed by atoms with Crippen molar-refractivity contribution in [2.24, 2.45) is 0 Å². The molecule has 112 valence electrons. The molecule has 7 heteroatoms. The number of halogens is 3. The van der Waals surface area contributed by atoms with Gasteiger partial charge in [0.15, 0.2) is 0 Å². The molecule has 4 nitrogen and oxygen atoms in total. The van der Waals surface area contributed by atoms with E-state index in [0.717, 1.165) is 6.07 Å². The summed E-state index contributed by atoms with van der Waals surface area (Å²) in [4.78, 5) is 0. The van der Waals surface area contributed by atoms with Gasteiger partial charge in [-0.05, 0) is 18.2 Å². The Morgan fingerprint density at radius 1 is 1.45 bits per heavy atom. The van der Waals surface area contributed by atoms with Crippen LogP contribution in [0.15, 0.2) is 18.2 Å². The molecule has 0 aliphatic carbocycles. The van der Waals surface area contributed by atoms with Gasteiger partial charge in [-0.15, -0.1) is 0 Å². The highest BCUT2D eigenvalue weighted by atomic mass is 19.4. The summed E-state index contributed by atoms with van der Waals surface area (Å²) in [6.07, 6.45) is -3.81. The van der Waals surface area contributed by atoms with Crippen LogP contribution in [0.4, 0.5) is 24.5 Å². The van der Waals surface area contributed by atoms with Crippen molar-refractivity contribution in [3.8, 4) is 0 Å². The molecule has 0 aromatic heterocycles. The van der Waals surface area contributed by atoms with E-state index in [1.807, 2.05) is 0 Å². The Hall–Kier alpha value is -1.47. The number of alkyl halides is 3. The molecule has 1 aliphatic heterocycles. The van der Waals surface area contributed by atoms with E-state index in [2.05, 4.69) is 5.32 Å². The van der Waals surface area contributed by atoms with Gasteiger partial charge in [-0.3, -0.25) is 0 Å². The van der Waals surface area contributed by atoms with Crippen molar-refractivity contribution in [1.82, 2.24) is 0 Å². The number of methoxy groups -OCH3 is 1. The fourth-order valence-electron chi connectivity index (χ4n) is 2.17. The van der Waals surface area contributed by atoms with Crippen LogP contribution in [0, 0.1) is 0 Å². The third-order valence-electron chi connectivity index (χ3n) is 3.45. The highest BCUT2D eigenvalue weighted by molar-refractivity contribution is 5.59. The van der Waals surface area contributed by atoms with Gasteiger partial charge < -0.3 is 20.5 Å². The molecule has 1 heterocycles. The van der Waals surface area contributed by atoms with Gasteiger partial charge in [-0.2, -0.15) is 13.2 Å². The third kappa shape index (κ3) is 3.16. The number of hydrogen-bond donors (Lipinski definition) is 2. The highest BCUT2D eigenvalue weighted by Gasteiger charge is 2.37. The van der Waals surface area contributed by atoms with Crippen molar-refractivity contribution in [2.75, 3.05) is 37.9 Å². The first-order valence-electron chi connectivity index (χ1n) is 6.20. The SMILES string of the molecule is COC1(CNc2ccc(N)cc2C(F)(F)F)CCOC1. The first-order chi connectivity index (χ1) is 9.36. The van der Waals surface area contributed by atoms with E-state index >= 15 is 0 Å². The summed E-state index contributed by atoms with van der Waals surface area (Å²) in [7, 11) is 1.53. The van der Waals surface area contributed by atoms with E-state index in [1.165, 1.54) is 19.2 Å². The summed E-state index contributed by atoms with van der Waals surface area (Å²) in [6, 6.07) is 3.69. The molecular formula is C13H17F3N2O2. The van der Waals surface area contributed by atoms with Crippen molar-refractivity contribution in [3.05, 3.63) is 23.8 Å². The molecule has 0 radical (unpaired) electrons. The van der Waals surface area contributed by atoms with Gasteiger partial charge in [0.05, 0.1) is 12.2 Å². The minimum atomic E-state index is -4.45. The number of rotatable bonds is 4. The summed E-state index contributed by atoms with van der Waals surface area (Å²) in [5.74, 6) is 0. The molecule has 20 heavy (non-hydrogen) atoms. The molecule has 1 saturated heterocycles. The van der Waals surface area contributed by atoms with Crippen molar-refractivity contribution in [2.45, 2.75) is 18.2 Å². The molecule has 1 aromatic carbocycles. The average molecular weight is 290 g/mol. The van der Waals surface area contributed by atoms with E-state index in [9.17, 15) is 13.2 Å². The van der Waals surface area contributed by atoms with Crippen LogP contribution in [-0.4, -0.2) is 32.5 Å². The summed E-state index contributed by atoms with van der Waals surface area (Å²) < 4.78 is 49.5. The average Bonchev–Trinajstić information content (AvgIpc) is 2.86. The number of ether oxygens (including phenoxy) is 2. The molecule has 1 fully saturated rings. The van der Waals surface area contributed by atoms with Crippen molar-refractivity contribution in [1.29, 1.82) is 0 Å². The number of anilines is 2. The van der Waals surface area contributed by atoms with Gasteiger partial charge in [0, 0.05) is 38.1 Å². The number of hydrogen-bond acceptors (Lipinski definition) is 4. The number of benzene rings is 1. The fraction of sp³-hybridized carbons (Fsp3) is 0.538. The normalized spacial score (nSPS) is 23.0. The van der Waals surface area contributed by atoms with Gasteiger partial charge in [-0.25, -0.2) is 0 Å². The van der Waals surface area contributed by atoms with Crippen molar-refractivity contribution >= 4 is 11.4 Å². The summed E-state index contributed by atoms with van der Waals surface area (Å²) in [5.41, 5.74) is 4.14. The van der Waals surface area contributed by atoms with Gasteiger partial charge in [-0.1, -0.05) is 0 Å². The van der Waals surface area contributed by atoms with Crippen LogP contribution >= 0.6 is 0 Å². The Balaban J connectivity index is 2.17. The molecule has 2 rings (SSSR count). The minimum absolute atomic E-state index is 0.00461. The largest absolute Gasteiger partial charge is 0.418 e. The summed E-state index contributed by atoms with van der Waals surface area (Å²) in [6.45, 7) is 1.16. The van der Waals surface area contributed by atoms with Crippen LogP contribution in [0.25, 0.3) is 0 Å². The lowest BCUT2D eigenvalue weighted by atomic mass is 10.0. The lowest BCUT2D eigenvalue weighted by Crippen LogP contribution is -2.39. The van der Waals surface area contributed by atoms with Gasteiger partial charge in [0.25, 0.3) is 0 Å². The Labute approximate surface area is 115 Å². The molecule has 1 unspecified atom stereocenters. The zero-order chi connectivity index (χ0) is 14.8. The monoisotopic (exact) mass is 290 g/mol. The fourth-order valence-corrected chi connectivity index (χ4v) is 2.17. The van der Waals surface area contributed by atoms with E-state index in [-0.39, 0.29) is 17.9 Å². The summed E-state index contributed by atoms with van der Waals surface area (Å²) in [5, 5.41) is 2.80. The van der Waals surface area contributed by atoms with E-state index < -0.39 is 17.3 Å². The maximum absolute atomic E-state index is 13.0. The van der Waals surface area contributed by atoms with Crippen LogP contribution in [0.3, 0.4) is 0 Å². The van der Waals surface area contributed by atoms with Gasteiger partial charge >= 0.3 is 6.18 Å². The topological polar surface area (TPSA) is 56.5 Å². The number of nitrogens with one attached hydrogen (secondary N) is 1. The zero-order valence-electron chi connectivity index (χ0n) is 11.1. The van der Waals surface area contributed by atoms with E-state index in [4.69, 9.17) is 15.2 Å². The standard InChI is InChI=1S/C13H17F3N2O2/c1-19-12(4-5-20-8-12)7-18-11-3-2-9(17)6-10(11)13(14,15)16/h2-3,6,18H,4-5,7-8,17H2,1H3. The van der Waals surface area contributed by atoms with Crippen LogP contribution in [0.1, 0.15) is 12.0 Å². The van der Waals surface area contributed by atoms with Crippen molar-refractivity contribution in [3.63, 3.8) is 0 Å². The first kappa shape index (κ1) is 14.9. The predicted octanol–water partition coefficient (Wildman–Crippen LogP) is 2.51. The lowest BCUT2D eigenvalue weighted by Gasteiger charge is -2.27. The van der Waals surface area contributed by atoms with E-state index in [0.29, 0.717) is 19.6 Å². The van der Waals surface area contributed by atoms with Crippen LogP contribution in [0.2, 0.25) is 0 Å². The van der Waals surface area contributed by atoms with Crippen LogP contribution < -0.4 is 11.1 Å². The maximum atomic E-state index is 13.0. The van der Waals surface area contributed by atoms with Gasteiger partial charge in [0.1, 0.15) is 5.60 Å². The minimum Gasteiger partial charge on any atom is -0.399 e. The highest BCUT2D eigenvalue weighted by Crippen LogP contribution is 2.36. The molecule has 0 amide bonds. The zero-order valence-corrected chi connectivity index (χ0v) is 11.1. The number of nitrogen functional groups attached to an aromatic ring is 1.